The topological polar surface area (TPSA) is 85.8 Å². The maximum absolute atomic E-state index is 12.5. The molecule has 168 valence electrons. The largest absolute Gasteiger partial charge is 0.465 e. The minimum absolute atomic E-state index is 0.200. The molecule has 7 heteroatoms. The molecule has 0 aliphatic heterocycles. The summed E-state index contributed by atoms with van der Waals surface area (Å²) < 4.78 is 12.5. The summed E-state index contributed by atoms with van der Waals surface area (Å²) >= 11 is 0. The number of hydrogen-bond acceptors (Lipinski definition) is 5. The van der Waals surface area contributed by atoms with Gasteiger partial charge < -0.3 is 13.7 Å². The number of esters is 1. The van der Waals surface area contributed by atoms with E-state index in [1.54, 1.807) is 18.3 Å². The molecule has 0 fully saturated rings. The van der Waals surface area contributed by atoms with E-state index in [1.807, 2.05) is 72.9 Å². The number of benzene rings is 3. The Bertz CT molecular complexity index is 1510. The average Bonchev–Trinajstić information content (AvgIpc) is 3.46. The first-order chi connectivity index (χ1) is 16.6. The summed E-state index contributed by atoms with van der Waals surface area (Å²) in [4.78, 5) is 24.3. The fourth-order valence-corrected chi connectivity index (χ4v) is 3.93. The first-order valence-electron chi connectivity index (χ1n) is 10.7. The maximum atomic E-state index is 12.5. The molecule has 5 aromatic rings. The van der Waals surface area contributed by atoms with Crippen LogP contribution < -0.4 is 5.43 Å². The summed E-state index contributed by atoms with van der Waals surface area (Å²) in [5, 5.41) is 6.00. The summed E-state index contributed by atoms with van der Waals surface area (Å²) in [6.07, 6.45) is 3.58. The highest BCUT2D eigenvalue weighted by atomic mass is 16.5. The lowest BCUT2D eigenvalue weighted by Crippen LogP contribution is -2.16. The predicted octanol–water partition coefficient (Wildman–Crippen LogP) is 4.99. The van der Waals surface area contributed by atoms with Crippen LogP contribution in [0.2, 0.25) is 0 Å². The van der Waals surface area contributed by atoms with Crippen molar-refractivity contribution in [2.45, 2.75) is 6.54 Å². The molecule has 0 saturated heterocycles. The summed E-state index contributed by atoms with van der Waals surface area (Å²) in [5.41, 5.74) is 6.51. The highest BCUT2D eigenvalue weighted by Gasteiger charge is 2.12. The number of aromatic nitrogens is 1. The Hall–Kier alpha value is -4.65. The summed E-state index contributed by atoms with van der Waals surface area (Å²) in [5.74, 6) is -0.589. The van der Waals surface area contributed by atoms with Crippen molar-refractivity contribution in [1.29, 1.82) is 0 Å². The second kappa shape index (κ2) is 9.07. The Morgan fingerprint density at radius 3 is 2.71 bits per heavy atom. The van der Waals surface area contributed by atoms with E-state index in [4.69, 9.17) is 9.15 Å². The molecule has 0 unspecified atom stereocenters. The van der Waals surface area contributed by atoms with Gasteiger partial charge in [-0.15, -0.1) is 0 Å². The van der Waals surface area contributed by atoms with Crippen LogP contribution in [0.5, 0.6) is 0 Å². The van der Waals surface area contributed by atoms with Crippen molar-refractivity contribution in [2.24, 2.45) is 5.10 Å². The van der Waals surface area contributed by atoms with Gasteiger partial charge in [0.25, 0.3) is 0 Å². The van der Waals surface area contributed by atoms with Gasteiger partial charge in [0, 0.05) is 34.6 Å². The number of para-hydroxylation sites is 2. The summed E-state index contributed by atoms with van der Waals surface area (Å²) in [6, 6.07) is 24.4. The third-order valence-electron chi connectivity index (χ3n) is 5.54. The van der Waals surface area contributed by atoms with E-state index in [0.29, 0.717) is 17.7 Å². The molecule has 1 amide bonds. The number of carbonyl (C=O) groups is 2. The van der Waals surface area contributed by atoms with Gasteiger partial charge in [-0.2, -0.15) is 5.10 Å². The third kappa shape index (κ3) is 4.19. The van der Waals surface area contributed by atoms with Crippen LogP contribution >= 0.6 is 0 Å². The molecule has 2 heterocycles. The standard InChI is InChI=1S/C27H21N3O4/c1-33-27(32)20-9-6-7-18(13-20)16-30-17-21(22-10-3-4-11-23(22)30)15-28-29-26(31)25-14-19-8-2-5-12-24(19)34-25/h2-15,17H,16H2,1H3,(H,29,31)/b28-15+. The van der Waals surface area contributed by atoms with Gasteiger partial charge in [-0.05, 0) is 35.9 Å². The molecule has 0 spiro atoms. The van der Waals surface area contributed by atoms with E-state index in [1.165, 1.54) is 7.11 Å². The number of furan rings is 1. The van der Waals surface area contributed by atoms with Gasteiger partial charge in [-0.3, -0.25) is 4.79 Å². The molecule has 3 aromatic carbocycles. The number of rotatable bonds is 6. The molecular weight excluding hydrogens is 430 g/mol. The van der Waals surface area contributed by atoms with E-state index in [-0.39, 0.29) is 11.7 Å². The molecular formula is C27H21N3O4. The highest BCUT2D eigenvalue weighted by molar-refractivity contribution is 6.01. The van der Waals surface area contributed by atoms with Gasteiger partial charge in [0.2, 0.25) is 0 Å². The van der Waals surface area contributed by atoms with E-state index in [2.05, 4.69) is 15.1 Å². The quantitative estimate of drug-likeness (QED) is 0.224. The molecule has 0 atom stereocenters. The van der Waals surface area contributed by atoms with Crippen LogP contribution in [-0.2, 0) is 11.3 Å². The maximum Gasteiger partial charge on any atom is 0.337 e. The molecule has 0 aliphatic carbocycles. The van der Waals surface area contributed by atoms with E-state index in [0.717, 1.165) is 27.4 Å². The van der Waals surface area contributed by atoms with Gasteiger partial charge in [-0.25, -0.2) is 10.2 Å². The van der Waals surface area contributed by atoms with Crippen molar-refractivity contribution in [1.82, 2.24) is 9.99 Å². The molecule has 0 radical (unpaired) electrons. The zero-order valence-corrected chi connectivity index (χ0v) is 18.4. The van der Waals surface area contributed by atoms with Gasteiger partial charge in [0.1, 0.15) is 5.58 Å². The van der Waals surface area contributed by atoms with Gasteiger partial charge in [0.05, 0.1) is 18.9 Å². The number of amides is 1. The lowest BCUT2D eigenvalue weighted by molar-refractivity contribution is 0.0600. The molecule has 1 N–H and O–H groups in total. The molecule has 5 rings (SSSR count). The van der Waals surface area contributed by atoms with Crippen LogP contribution in [0.4, 0.5) is 0 Å². The second-order valence-electron chi connectivity index (χ2n) is 7.77. The number of nitrogens with one attached hydrogen (secondary N) is 1. The Kier molecular flexibility index (Phi) is 5.66. The van der Waals surface area contributed by atoms with Crippen molar-refractivity contribution in [2.75, 3.05) is 7.11 Å². The van der Waals surface area contributed by atoms with Crippen molar-refractivity contribution in [3.63, 3.8) is 0 Å². The predicted molar refractivity (Wildman–Crippen MR) is 130 cm³/mol. The van der Waals surface area contributed by atoms with Crippen LogP contribution in [0.15, 0.2) is 94.6 Å². The van der Waals surface area contributed by atoms with Gasteiger partial charge in [-0.1, -0.05) is 48.5 Å². The molecule has 0 bridgehead atoms. The first-order valence-corrected chi connectivity index (χ1v) is 10.7. The number of ether oxygens (including phenoxy) is 1. The Balaban J connectivity index is 1.37. The van der Waals surface area contributed by atoms with Crippen LogP contribution in [0.25, 0.3) is 21.9 Å². The normalized spacial score (nSPS) is 11.3. The number of methoxy groups -OCH3 is 1. The smallest absolute Gasteiger partial charge is 0.337 e. The lowest BCUT2D eigenvalue weighted by Gasteiger charge is -2.07. The lowest BCUT2D eigenvalue weighted by atomic mass is 10.1. The number of hydrazone groups is 1. The fourth-order valence-electron chi connectivity index (χ4n) is 3.93. The molecule has 2 aromatic heterocycles. The zero-order valence-electron chi connectivity index (χ0n) is 18.4. The first kappa shape index (κ1) is 21.2. The Labute approximate surface area is 195 Å². The minimum Gasteiger partial charge on any atom is -0.465 e. The number of carbonyl (C=O) groups excluding carboxylic acids is 2. The van der Waals surface area contributed by atoms with Gasteiger partial charge >= 0.3 is 11.9 Å². The van der Waals surface area contributed by atoms with Crippen molar-refractivity contribution >= 4 is 40.0 Å². The monoisotopic (exact) mass is 451 g/mol. The molecule has 0 aliphatic rings. The third-order valence-corrected chi connectivity index (χ3v) is 5.54. The summed E-state index contributed by atoms with van der Waals surface area (Å²) in [7, 11) is 1.37. The van der Waals surface area contributed by atoms with Gasteiger partial charge in [0.15, 0.2) is 5.76 Å². The number of hydrogen-bond donors (Lipinski definition) is 1. The fraction of sp³-hybridized carbons (Fsp3) is 0.0741. The summed E-state index contributed by atoms with van der Waals surface area (Å²) in [6.45, 7) is 0.560. The SMILES string of the molecule is COC(=O)c1cccc(Cn2cc(/C=N/NC(=O)c3cc4ccccc4o3)c3ccccc32)c1. The number of fused-ring (bicyclic) bond motifs is 2. The van der Waals surface area contributed by atoms with Crippen molar-refractivity contribution in [3.05, 3.63) is 108 Å². The Morgan fingerprint density at radius 2 is 1.85 bits per heavy atom. The minimum atomic E-state index is -0.421. The Morgan fingerprint density at radius 1 is 1.03 bits per heavy atom. The van der Waals surface area contributed by atoms with E-state index < -0.39 is 5.91 Å². The van der Waals surface area contributed by atoms with E-state index in [9.17, 15) is 9.59 Å². The van der Waals surface area contributed by atoms with Crippen LogP contribution in [-0.4, -0.2) is 29.8 Å². The van der Waals surface area contributed by atoms with Crippen molar-refractivity contribution in [3.8, 4) is 0 Å². The van der Waals surface area contributed by atoms with E-state index >= 15 is 0 Å². The van der Waals surface area contributed by atoms with Crippen molar-refractivity contribution < 1.29 is 18.7 Å². The average molecular weight is 451 g/mol. The number of nitrogens with zero attached hydrogens (tertiary/aromatic N) is 2. The van der Waals surface area contributed by atoms with Crippen LogP contribution in [0.3, 0.4) is 0 Å². The molecule has 34 heavy (non-hydrogen) atoms. The second-order valence-corrected chi connectivity index (χ2v) is 7.77. The van der Waals surface area contributed by atoms with Crippen LogP contribution in [0, 0.1) is 0 Å². The van der Waals surface area contributed by atoms with Crippen LogP contribution in [0.1, 0.15) is 32.0 Å². The molecule has 7 nitrogen and oxygen atoms in total. The highest BCUT2D eigenvalue weighted by Crippen LogP contribution is 2.22. The zero-order chi connectivity index (χ0) is 23.5. The molecule has 0 saturated carbocycles.